The maximum Gasteiger partial charge on any atom is 0.305 e. The van der Waals surface area contributed by atoms with Crippen LogP contribution in [0.1, 0.15) is 78.6 Å². The monoisotopic (exact) mass is 531 g/mol. The third-order valence-corrected chi connectivity index (χ3v) is 8.28. The number of hydrogen-bond donors (Lipinski definition) is 2. The molecule has 7 atom stereocenters. The second kappa shape index (κ2) is 15.5. The summed E-state index contributed by atoms with van der Waals surface area (Å²) in [6.45, 7) is 9.56. The molecule has 6 nitrogen and oxygen atoms in total. The van der Waals surface area contributed by atoms with Crippen LogP contribution in [0, 0.1) is 11.8 Å². The van der Waals surface area contributed by atoms with Crippen molar-refractivity contribution in [1.82, 2.24) is 4.90 Å². The van der Waals surface area contributed by atoms with Gasteiger partial charge < -0.3 is 24.6 Å². The Hall–Kier alpha value is -0.470. The summed E-state index contributed by atoms with van der Waals surface area (Å²) in [5.41, 5.74) is 0. The van der Waals surface area contributed by atoms with E-state index in [0.29, 0.717) is 19.4 Å². The Morgan fingerprint density at radius 2 is 1.94 bits per heavy atom. The average molecular weight is 533 g/mol. The van der Waals surface area contributed by atoms with Gasteiger partial charge in [0, 0.05) is 30.1 Å². The fourth-order valence-electron chi connectivity index (χ4n) is 5.10. The van der Waals surface area contributed by atoms with Gasteiger partial charge in [-0.2, -0.15) is 0 Å². The molecule has 0 amide bonds. The summed E-state index contributed by atoms with van der Waals surface area (Å²) in [7, 11) is 0. The van der Waals surface area contributed by atoms with Crippen LogP contribution in [0.2, 0.25) is 0 Å². The van der Waals surface area contributed by atoms with E-state index in [1.807, 2.05) is 12.2 Å². The van der Waals surface area contributed by atoms with Gasteiger partial charge in [0.05, 0.1) is 24.4 Å². The zero-order chi connectivity index (χ0) is 24.2. The van der Waals surface area contributed by atoms with E-state index in [4.69, 9.17) is 9.47 Å². The topological polar surface area (TPSA) is 79.2 Å². The highest BCUT2D eigenvalue weighted by molar-refractivity contribution is 9.09. The number of ether oxygens (including phenoxy) is 2. The lowest BCUT2D eigenvalue weighted by Gasteiger charge is -2.21. The molecule has 1 aliphatic carbocycles. The summed E-state index contributed by atoms with van der Waals surface area (Å²) in [6.07, 6.45) is 10.9. The first-order valence-corrected chi connectivity index (χ1v) is 14.0. The Bertz CT molecular complexity index is 585. The molecule has 0 spiro atoms. The SMILES string of the molecule is CCCCC[C@H](O)C=C[C@@H]1[C@H]2CC(C(Br)CCCC(=O)OCCN(CC)CC)O[C@@H]2C[C@H]1O. The number of aliphatic hydroxyl groups is 2. The summed E-state index contributed by atoms with van der Waals surface area (Å²) in [4.78, 5) is 14.4. The van der Waals surface area contributed by atoms with Crippen molar-refractivity contribution in [2.75, 3.05) is 26.2 Å². The number of aliphatic hydroxyl groups excluding tert-OH is 2. The van der Waals surface area contributed by atoms with Gasteiger partial charge in [-0.3, -0.25) is 4.79 Å². The van der Waals surface area contributed by atoms with Crippen LogP contribution in [0.25, 0.3) is 0 Å². The second-order valence-electron chi connectivity index (χ2n) is 9.60. The predicted octanol–water partition coefficient (Wildman–Crippen LogP) is 4.46. The molecular formula is C26H46BrNO5. The fourth-order valence-corrected chi connectivity index (χ4v) is 5.77. The first kappa shape index (κ1) is 28.8. The molecule has 2 rings (SSSR count). The van der Waals surface area contributed by atoms with Gasteiger partial charge in [0.1, 0.15) is 6.61 Å². The lowest BCUT2D eigenvalue weighted by Crippen LogP contribution is -2.28. The largest absolute Gasteiger partial charge is 0.464 e. The van der Waals surface area contributed by atoms with Gasteiger partial charge >= 0.3 is 5.97 Å². The molecule has 0 radical (unpaired) electrons. The van der Waals surface area contributed by atoms with E-state index >= 15 is 0 Å². The van der Waals surface area contributed by atoms with Crippen LogP contribution in [0.5, 0.6) is 0 Å². The molecule has 2 fully saturated rings. The van der Waals surface area contributed by atoms with Crippen LogP contribution in [0.3, 0.4) is 0 Å². The quantitative estimate of drug-likeness (QED) is 0.132. The number of rotatable bonds is 16. The summed E-state index contributed by atoms with van der Waals surface area (Å²) in [5.74, 6) is 0.201. The number of esters is 1. The lowest BCUT2D eigenvalue weighted by molar-refractivity contribution is -0.144. The van der Waals surface area contributed by atoms with Crippen molar-refractivity contribution in [1.29, 1.82) is 0 Å². The molecule has 0 aromatic heterocycles. The number of hydrogen-bond acceptors (Lipinski definition) is 6. The number of likely N-dealkylation sites (N-methyl/N-ethyl adjacent to an activating group) is 1. The van der Waals surface area contributed by atoms with Crippen LogP contribution in [-0.2, 0) is 14.3 Å². The number of unbranched alkanes of at least 4 members (excludes halogenated alkanes) is 2. The fraction of sp³-hybridized carbons (Fsp3) is 0.885. The lowest BCUT2D eigenvalue weighted by atomic mass is 9.89. The van der Waals surface area contributed by atoms with E-state index in [9.17, 15) is 15.0 Å². The molecule has 2 unspecified atom stereocenters. The molecule has 1 aliphatic heterocycles. The molecule has 1 heterocycles. The molecule has 33 heavy (non-hydrogen) atoms. The highest BCUT2D eigenvalue weighted by Crippen LogP contribution is 2.46. The van der Waals surface area contributed by atoms with Crippen LogP contribution in [0.4, 0.5) is 0 Å². The number of carbonyl (C=O) groups is 1. The second-order valence-corrected chi connectivity index (χ2v) is 10.8. The number of carbonyl (C=O) groups excluding carboxylic acids is 1. The van der Waals surface area contributed by atoms with E-state index in [2.05, 4.69) is 41.6 Å². The van der Waals surface area contributed by atoms with E-state index in [0.717, 1.165) is 64.6 Å². The summed E-state index contributed by atoms with van der Waals surface area (Å²) < 4.78 is 11.6. The van der Waals surface area contributed by atoms with Crippen molar-refractivity contribution in [3.63, 3.8) is 0 Å². The Morgan fingerprint density at radius 1 is 1.18 bits per heavy atom. The Kier molecular flexibility index (Phi) is 13.5. The smallest absolute Gasteiger partial charge is 0.305 e. The summed E-state index contributed by atoms with van der Waals surface area (Å²) in [5, 5.41) is 20.7. The predicted molar refractivity (Wildman–Crippen MR) is 135 cm³/mol. The van der Waals surface area contributed by atoms with Crippen molar-refractivity contribution < 1.29 is 24.5 Å². The number of nitrogens with zero attached hydrogens (tertiary/aromatic N) is 1. The van der Waals surface area contributed by atoms with Crippen molar-refractivity contribution in [3.8, 4) is 0 Å². The zero-order valence-corrected chi connectivity index (χ0v) is 22.4. The van der Waals surface area contributed by atoms with E-state index in [-0.39, 0.29) is 34.8 Å². The van der Waals surface area contributed by atoms with E-state index in [1.165, 1.54) is 0 Å². The minimum Gasteiger partial charge on any atom is -0.464 e. The zero-order valence-electron chi connectivity index (χ0n) is 20.8. The van der Waals surface area contributed by atoms with Gasteiger partial charge in [-0.15, -0.1) is 0 Å². The Labute approximate surface area is 209 Å². The van der Waals surface area contributed by atoms with Gasteiger partial charge in [-0.25, -0.2) is 0 Å². The van der Waals surface area contributed by atoms with E-state index < -0.39 is 12.2 Å². The Balaban J connectivity index is 1.69. The molecule has 0 aromatic carbocycles. The highest BCUT2D eigenvalue weighted by atomic mass is 79.9. The molecule has 1 saturated heterocycles. The van der Waals surface area contributed by atoms with Crippen molar-refractivity contribution in [2.45, 2.75) is 108 Å². The first-order chi connectivity index (χ1) is 15.9. The molecule has 2 N–H and O–H groups in total. The number of alkyl halides is 1. The third-order valence-electron chi connectivity index (χ3n) is 7.23. The third kappa shape index (κ3) is 9.60. The molecule has 0 bridgehead atoms. The van der Waals surface area contributed by atoms with Crippen LogP contribution < -0.4 is 0 Å². The maximum absolute atomic E-state index is 12.0. The average Bonchev–Trinajstić information content (AvgIpc) is 3.32. The maximum atomic E-state index is 12.0. The van der Waals surface area contributed by atoms with Gasteiger partial charge in [0.15, 0.2) is 0 Å². The van der Waals surface area contributed by atoms with Crippen molar-refractivity contribution in [2.24, 2.45) is 11.8 Å². The number of halogens is 1. The summed E-state index contributed by atoms with van der Waals surface area (Å²) in [6, 6.07) is 0. The minimum absolute atomic E-state index is 0.0429. The van der Waals surface area contributed by atoms with Crippen LogP contribution in [-0.4, -0.2) is 76.6 Å². The molecule has 192 valence electrons. The summed E-state index contributed by atoms with van der Waals surface area (Å²) >= 11 is 3.78. The molecule has 2 aliphatic rings. The van der Waals surface area contributed by atoms with Crippen LogP contribution >= 0.6 is 15.9 Å². The molecule has 1 saturated carbocycles. The Morgan fingerprint density at radius 3 is 2.64 bits per heavy atom. The number of fused-ring (bicyclic) bond motifs is 1. The molecule has 0 aromatic rings. The molecular weight excluding hydrogens is 486 g/mol. The van der Waals surface area contributed by atoms with Gasteiger partial charge in [0.2, 0.25) is 0 Å². The standard InChI is InChI=1S/C26H46BrNO5/c1-4-7-8-10-19(29)13-14-20-21-17-25(33-24(21)18-23(20)30)22(27)11-9-12-26(31)32-16-15-28(5-2)6-3/h13-14,19-25,29-30H,4-12,15-18H2,1-3H3/t19-,20+,21+,22?,23+,24+,25?/m0/s1. The van der Waals surface area contributed by atoms with Crippen LogP contribution in [0.15, 0.2) is 12.2 Å². The van der Waals surface area contributed by atoms with E-state index in [1.54, 1.807) is 0 Å². The normalized spacial score (nSPS) is 29.0. The molecule has 7 heteroatoms. The highest BCUT2D eigenvalue weighted by Gasteiger charge is 2.49. The van der Waals surface area contributed by atoms with Crippen molar-refractivity contribution >= 4 is 21.9 Å². The minimum atomic E-state index is -0.434. The van der Waals surface area contributed by atoms with Crippen molar-refractivity contribution in [3.05, 3.63) is 12.2 Å². The van der Waals surface area contributed by atoms with Gasteiger partial charge in [-0.1, -0.05) is 68.1 Å². The first-order valence-electron chi connectivity index (χ1n) is 13.1. The van der Waals surface area contributed by atoms with Gasteiger partial charge in [-0.05, 0) is 44.7 Å². The van der Waals surface area contributed by atoms with Gasteiger partial charge in [0.25, 0.3) is 0 Å².